The van der Waals surface area contributed by atoms with Crippen LogP contribution in [0.1, 0.15) is 23.6 Å². The molecular formula is C26H21ClN2O4. The van der Waals surface area contributed by atoms with Crippen molar-refractivity contribution < 1.29 is 19.1 Å². The molecule has 7 heteroatoms. The van der Waals surface area contributed by atoms with Crippen LogP contribution in [0.3, 0.4) is 0 Å². The maximum absolute atomic E-state index is 13.0. The molecule has 1 N–H and O–H groups in total. The molecule has 0 saturated carbocycles. The van der Waals surface area contributed by atoms with Gasteiger partial charge in [0.1, 0.15) is 17.9 Å². The normalized spacial score (nSPS) is 15.0. The van der Waals surface area contributed by atoms with Crippen molar-refractivity contribution >= 4 is 41.2 Å². The van der Waals surface area contributed by atoms with E-state index in [9.17, 15) is 14.4 Å². The lowest BCUT2D eigenvalue weighted by molar-refractivity contribution is -0.122. The van der Waals surface area contributed by atoms with Gasteiger partial charge in [0.2, 0.25) is 0 Å². The summed E-state index contributed by atoms with van der Waals surface area (Å²) in [5.41, 5.74) is 2.84. The van der Waals surface area contributed by atoms with Crippen molar-refractivity contribution in [1.82, 2.24) is 5.32 Å². The summed E-state index contributed by atoms with van der Waals surface area (Å²) in [4.78, 5) is 38.7. The second-order valence-electron chi connectivity index (χ2n) is 7.43. The van der Waals surface area contributed by atoms with Gasteiger partial charge in [0.25, 0.3) is 11.8 Å². The van der Waals surface area contributed by atoms with Crippen LogP contribution in [-0.4, -0.2) is 17.8 Å². The van der Waals surface area contributed by atoms with Crippen LogP contribution >= 0.6 is 11.6 Å². The highest BCUT2D eigenvalue weighted by molar-refractivity contribution is 6.39. The summed E-state index contributed by atoms with van der Waals surface area (Å²) in [6.07, 6.45) is 2.29. The van der Waals surface area contributed by atoms with E-state index >= 15 is 0 Å². The number of imide groups is 2. The van der Waals surface area contributed by atoms with Gasteiger partial charge >= 0.3 is 6.03 Å². The molecule has 0 atom stereocenters. The van der Waals surface area contributed by atoms with Gasteiger partial charge in [0.05, 0.1) is 5.69 Å². The number of carbonyl (C=O) groups is 3. The van der Waals surface area contributed by atoms with Gasteiger partial charge in [-0.3, -0.25) is 14.9 Å². The number of amides is 4. The monoisotopic (exact) mass is 460 g/mol. The second kappa shape index (κ2) is 9.71. The van der Waals surface area contributed by atoms with Crippen molar-refractivity contribution in [2.75, 3.05) is 4.90 Å². The molecule has 0 radical (unpaired) electrons. The summed E-state index contributed by atoms with van der Waals surface area (Å²) in [5, 5.41) is 2.86. The first-order valence-corrected chi connectivity index (χ1v) is 10.8. The Morgan fingerprint density at radius 3 is 2.30 bits per heavy atom. The van der Waals surface area contributed by atoms with Crippen LogP contribution in [-0.2, 0) is 22.6 Å². The van der Waals surface area contributed by atoms with E-state index < -0.39 is 17.8 Å². The summed E-state index contributed by atoms with van der Waals surface area (Å²) in [5.74, 6) is -0.790. The molecule has 1 aliphatic rings. The standard InChI is InChI=1S/C26H21ClN2O4/c1-2-17-7-11-20(12-8-17)29-25(31)22(24(30)28-26(29)32)15-18-9-13-21(14-10-18)33-16-19-5-3-4-6-23(19)27/h3-15H,2,16H2,1H3,(H,28,30,32)/b22-15-. The number of hydrogen-bond acceptors (Lipinski definition) is 4. The number of nitrogens with zero attached hydrogens (tertiary/aromatic N) is 1. The first-order chi connectivity index (χ1) is 16.0. The minimum absolute atomic E-state index is 0.126. The van der Waals surface area contributed by atoms with Crippen LogP contribution in [0.25, 0.3) is 6.08 Å². The number of ether oxygens (including phenoxy) is 1. The molecule has 1 saturated heterocycles. The Balaban J connectivity index is 1.51. The molecule has 4 rings (SSSR count). The number of benzene rings is 3. The SMILES string of the molecule is CCc1ccc(N2C(=O)NC(=O)/C(=C/c3ccc(OCc4ccccc4Cl)cc3)C2=O)cc1. The Morgan fingerprint density at radius 2 is 1.64 bits per heavy atom. The van der Waals surface area contributed by atoms with Gasteiger partial charge in [0, 0.05) is 10.6 Å². The fraction of sp³-hybridized carbons (Fsp3) is 0.115. The Kier molecular flexibility index (Phi) is 6.56. The van der Waals surface area contributed by atoms with Gasteiger partial charge in [-0.15, -0.1) is 0 Å². The maximum atomic E-state index is 13.0. The molecule has 0 spiro atoms. The topological polar surface area (TPSA) is 75.7 Å². The average Bonchev–Trinajstić information content (AvgIpc) is 2.82. The van der Waals surface area contributed by atoms with E-state index in [1.54, 1.807) is 42.5 Å². The lowest BCUT2D eigenvalue weighted by Crippen LogP contribution is -2.54. The molecule has 3 aromatic rings. The molecule has 33 heavy (non-hydrogen) atoms. The summed E-state index contributed by atoms with van der Waals surface area (Å²) < 4.78 is 5.76. The van der Waals surface area contributed by atoms with Gasteiger partial charge < -0.3 is 4.74 Å². The van der Waals surface area contributed by atoms with Crippen molar-refractivity contribution in [2.24, 2.45) is 0 Å². The smallest absolute Gasteiger partial charge is 0.335 e. The van der Waals surface area contributed by atoms with E-state index in [0.29, 0.717) is 28.6 Å². The highest BCUT2D eigenvalue weighted by Crippen LogP contribution is 2.24. The van der Waals surface area contributed by atoms with Gasteiger partial charge in [-0.2, -0.15) is 0 Å². The highest BCUT2D eigenvalue weighted by atomic mass is 35.5. The minimum Gasteiger partial charge on any atom is -0.489 e. The minimum atomic E-state index is -0.769. The number of nitrogens with one attached hydrogen (secondary N) is 1. The Bertz CT molecular complexity index is 1230. The highest BCUT2D eigenvalue weighted by Gasteiger charge is 2.36. The zero-order chi connectivity index (χ0) is 23.4. The number of hydrogen-bond donors (Lipinski definition) is 1. The van der Waals surface area contributed by atoms with Gasteiger partial charge in [0.15, 0.2) is 0 Å². The number of urea groups is 1. The average molecular weight is 461 g/mol. The predicted molar refractivity (Wildman–Crippen MR) is 127 cm³/mol. The van der Waals surface area contributed by atoms with Gasteiger partial charge in [-0.25, -0.2) is 9.69 Å². The molecule has 166 valence electrons. The largest absolute Gasteiger partial charge is 0.489 e. The third-order valence-corrected chi connectivity index (χ3v) is 5.62. The number of aryl methyl sites for hydroxylation is 1. The van der Waals surface area contributed by atoms with Gasteiger partial charge in [-0.1, -0.05) is 61.0 Å². The molecule has 3 aromatic carbocycles. The summed E-state index contributed by atoms with van der Waals surface area (Å²) in [6.45, 7) is 2.33. The number of barbiturate groups is 1. The Hall–Kier alpha value is -3.90. The van der Waals surface area contributed by atoms with Gasteiger partial charge in [-0.05, 0) is 54.0 Å². The molecule has 0 aliphatic carbocycles. The van der Waals surface area contributed by atoms with Crippen LogP contribution in [0.15, 0.2) is 78.4 Å². The molecule has 0 bridgehead atoms. The molecular weight excluding hydrogens is 440 g/mol. The number of anilines is 1. The lowest BCUT2D eigenvalue weighted by atomic mass is 10.1. The van der Waals surface area contributed by atoms with Crippen LogP contribution in [0.2, 0.25) is 5.02 Å². The maximum Gasteiger partial charge on any atom is 0.335 e. The molecule has 1 fully saturated rings. The number of carbonyl (C=O) groups excluding carboxylic acids is 3. The van der Waals surface area contributed by atoms with Crippen molar-refractivity contribution in [1.29, 1.82) is 0 Å². The second-order valence-corrected chi connectivity index (χ2v) is 7.83. The number of rotatable bonds is 6. The van der Waals surface area contributed by atoms with Crippen molar-refractivity contribution in [3.63, 3.8) is 0 Å². The third-order valence-electron chi connectivity index (χ3n) is 5.25. The van der Waals surface area contributed by atoms with E-state index in [-0.39, 0.29) is 5.57 Å². The fourth-order valence-electron chi connectivity index (χ4n) is 3.38. The molecule has 1 aliphatic heterocycles. The third kappa shape index (κ3) is 4.96. The molecule has 0 unspecified atom stereocenters. The van der Waals surface area contributed by atoms with Crippen molar-refractivity contribution in [3.8, 4) is 5.75 Å². The molecule has 0 aromatic heterocycles. The summed E-state index contributed by atoms with van der Waals surface area (Å²) >= 11 is 6.15. The lowest BCUT2D eigenvalue weighted by Gasteiger charge is -2.26. The first kappa shape index (κ1) is 22.3. The van der Waals surface area contributed by atoms with E-state index in [2.05, 4.69) is 5.32 Å². The van der Waals surface area contributed by atoms with E-state index in [0.717, 1.165) is 22.4 Å². The Labute approximate surface area is 196 Å². The number of halogens is 1. The zero-order valence-electron chi connectivity index (χ0n) is 17.9. The quantitative estimate of drug-likeness (QED) is 0.408. The van der Waals surface area contributed by atoms with Crippen LogP contribution in [0.5, 0.6) is 5.75 Å². The van der Waals surface area contributed by atoms with Crippen LogP contribution in [0.4, 0.5) is 10.5 Å². The summed E-state index contributed by atoms with van der Waals surface area (Å²) in [7, 11) is 0. The van der Waals surface area contributed by atoms with Crippen molar-refractivity contribution in [2.45, 2.75) is 20.0 Å². The zero-order valence-corrected chi connectivity index (χ0v) is 18.6. The molecule has 4 amide bonds. The first-order valence-electron chi connectivity index (χ1n) is 10.4. The van der Waals surface area contributed by atoms with Crippen molar-refractivity contribution in [3.05, 3.63) is 100 Å². The fourth-order valence-corrected chi connectivity index (χ4v) is 3.57. The van der Waals surface area contributed by atoms with Crippen LogP contribution in [0, 0.1) is 0 Å². The molecule has 1 heterocycles. The van der Waals surface area contributed by atoms with E-state index in [4.69, 9.17) is 16.3 Å². The predicted octanol–water partition coefficient (Wildman–Crippen LogP) is 5.15. The molecule has 6 nitrogen and oxygen atoms in total. The Morgan fingerprint density at radius 1 is 0.939 bits per heavy atom. The van der Waals surface area contributed by atoms with E-state index in [1.807, 2.05) is 37.3 Å². The van der Waals surface area contributed by atoms with E-state index in [1.165, 1.54) is 6.08 Å². The summed E-state index contributed by atoms with van der Waals surface area (Å²) in [6, 6.07) is 20.7. The van der Waals surface area contributed by atoms with Crippen LogP contribution < -0.4 is 15.0 Å².